The van der Waals surface area contributed by atoms with Crippen molar-refractivity contribution < 1.29 is 13.6 Å². The molecule has 116 valence electrons. The largest absolute Gasteiger partial charge is 0.356 e. The molecule has 0 unspecified atom stereocenters. The number of carbonyl (C=O) groups excluding carboxylic acids is 1. The summed E-state index contributed by atoms with van der Waals surface area (Å²) in [7, 11) is 2.05. The molecule has 3 rings (SSSR count). The van der Waals surface area contributed by atoms with E-state index in [4.69, 9.17) is 0 Å². The summed E-state index contributed by atoms with van der Waals surface area (Å²) in [5, 5.41) is 7.11. The Bertz CT molecular complexity index is 523. The molecule has 0 aromatic carbocycles. The summed E-state index contributed by atoms with van der Waals surface area (Å²) in [6.07, 6.45) is 1.92. The monoisotopic (exact) mass is 298 g/mol. The number of rotatable bonds is 4. The summed E-state index contributed by atoms with van der Waals surface area (Å²) in [6, 6.07) is 2.22. The molecular weight excluding hydrogens is 278 g/mol. The van der Waals surface area contributed by atoms with Gasteiger partial charge in [0, 0.05) is 44.6 Å². The van der Waals surface area contributed by atoms with E-state index in [1.165, 1.54) is 5.69 Å². The second-order valence-electron chi connectivity index (χ2n) is 6.16. The highest BCUT2D eigenvalue weighted by Gasteiger charge is 2.48. The Balaban J connectivity index is 1.47. The molecule has 7 heteroatoms. The van der Waals surface area contributed by atoms with Crippen LogP contribution in [0, 0.1) is 5.92 Å². The maximum atomic E-state index is 12.7. The third-order valence-electron chi connectivity index (χ3n) is 4.29. The first-order valence-corrected chi connectivity index (χ1v) is 7.31. The number of likely N-dealkylation sites (N-methyl/N-ethyl adjacent to an activating group) is 1. The Labute approximate surface area is 122 Å². The number of carbonyl (C=O) groups is 1. The minimum Gasteiger partial charge on any atom is -0.356 e. The van der Waals surface area contributed by atoms with Crippen molar-refractivity contribution >= 4 is 5.91 Å². The van der Waals surface area contributed by atoms with Crippen LogP contribution in [-0.4, -0.2) is 46.6 Å². The van der Waals surface area contributed by atoms with Gasteiger partial charge in [-0.05, 0) is 19.5 Å². The highest BCUT2D eigenvalue weighted by molar-refractivity contribution is 5.79. The number of aromatic nitrogens is 2. The van der Waals surface area contributed by atoms with Crippen LogP contribution in [0.3, 0.4) is 0 Å². The molecular formula is C14H20F2N4O. The summed E-state index contributed by atoms with van der Waals surface area (Å²) in [6.45, 7) is 2.25. The zero-order chi connectivity index (χ0) is 15.0. The maximum Gasteiger partial charge on any atom is 0.249 e. The van der Waals surface area contributed by atoms with Crippen LogP contribution in [0.1, 0.15) is 31.0 Å². The van der Waals surface area contributed by atoms with E-state index >= 15 is 0 Å². The quantitative estimate of drug-likeness (QED) is 0.914. The van der Waals surface area contributed by atoms with Gasteiger partial charge in [0.15, 0.2) is 0 Å². The molecule has 0 bridgehead atoms. The Hall–Kier alpha value is -1.50. The first kappa shape index (κ1) is 14.4. The maximum absolute atomic E-state index is 12.7. The second-order valence-corrected chi connectivity index (χ2v) is 6.16. The van der Waals surface area contributed by atoms with E-state index in [1.807, 2.05) is 10.7 Å². The van der Waals surface area contributed by atoms with Crippen molar-refractivity contribution in [3.05, 3.63) is 18.0 Å². The molecule has 21 heavy (non-hydrogen) atoms. The Morgan fingerprint density at radius 3 is 3.00 bits per heavy atom. The standard InChI is InChI=1S/C14H20F2N4O/c1-19-8-11(20-12(9-19)3-5-18-20)2-4-17-13(21)10-6-14(15,16)7-10/h3,5,10-11H,2,4,6-9H2,1H3,(H,17,21)/t11-/m0/s1. The van der Waals surface area contributed by atoms with Gasteiger partial charge in [-0.3, -0.25) is 14.4 Å². The lowest BCUT2D eigenvalue weighted by molar-refractivity contribution is -0.150. The third-order valence-corrected chi connectivity index (χ3v) is 4.29. The zero-order valence-corrected chi connectivity index (χ0v) is 12.1. The van der Waals surface area contributed by atoms with Gasteiger partial charge in [-0.15, -0.1) is 0 Å². The fraction of sp³-hybridized carbons (Fsp3) is 0.714. The first-order valence-electron chi connectivity index (χ1n) is 7.31. The van der Waals surface area contributed by atoms with Crippen molar-refractivity contribution in [1.29, 1.82) is 0 Å². The van der Waals surface area contributed by atoms with Crippen molar-refractivity contribution in [3.63, 3.8) is 0 Å². The normalized spacial score (nSPS) is 25.2. The molecule has 0 spiro atoms. The van der Waals surface area contributed by atoms with Gasteiger partial charge in [0.25, 0.3) is 0 Å². The average Bonchev–Trinajstić information content (AvgIpc) is 2.83. The van der Waals surface area contributed by atoms with Gasteiger partial charge in [0.05, 0.1) is 11.7 Å². The molecule has 2 aliphatic rings. The molecule has 1 aromatic rings. The predicted octanol–water partition coefficient (Wildman–Crippen LogP) is 1.42. The Morgan fingerprint density at radius 1 is 1.52 bits per heavy atom. The summed E-state index contributed by atoms with van der Waals surface area (Å²) >= 11 is 0. The van der Waals surface area contributed by atoms with E-state index in [0.29, 0.717) is 6.54 Å². The summed E-state index contributed by atoms with van der Waals surface area (Å²) in [5.74, 6) is -3.40. The molecule has 1 aliphatic heterocycles. The molecule has 1 fully saturated rings. The van der Waals surface area contributed by atoms with E-state index < -0.39 is 11.8 Å². The molecule has 2 heterocycles. The Kier molecular flexibility index (Phi) is 3.69. The van der Waals surface area contributed by atoms with Gasteiger partial charge in [-0.25, -0.2) is 8.78 Å². The molecule has 1 saturated carbocycles. The minimum absolute atomic E-state index is 0.219. The van der Waals surface area contributed by atoms with E-state index in [2.05, 4.69) is 22.4 Å². The van der Waals surface area contributed by atoms with Gasteiger partial charge < -0.3 is 5.32 Å². The summed E-state index contributed by atoms with van der Waals surface area (Å²) in [5.41, 5.74) is 1.17. The number of fused-ring (bicyclic) bond motifs is 1. The number of alkyl halides is 2. The predicted molar refractivity (Wildman–Crippen MR) is 72.9 cm³/mol. The van der Waals surface area contributed by atoms with E-state index in [0.717, 1.165) is 19.5 Å². The molecule has 1 aliphatic carbocycles. The van der Waals surface area contributed by atoms with E-state index in [-0.39, 0.29) is 24.8 Å². The van der Waals surface area contributed by atoms with Gasteiger partial charge in [0.1, 0.15) is 0 Å². The number of nitrogens with zero attached hydrogens (tertiary/aromatic N) is 3. The van der Waals surface area contributed by atoms with Crippen molar-refractivity contribution in [2.75, 3.05) is 20.1 Å². The van der Waals surface area contributed by atoms with Crippen LogP contribution in [0.25, 0.3) is 0 Å². The van der Waals surface area contributed by atoms with Gasteiger partial charge in [0.2, 0.25) is 11.8 Å². The van der Waals surface area contributed by atoms with Crippen LogP contribution < -0.4 is 5.32 Å². The van der Waals surface area contributed by atoms with Crippen LogP contribution >= 0.6 is 0 Å². The number of hydrogen-bond donors (Lipinski definition) is 1. The highest BCUT2D eigenvalue weighted by Crippen LogP contribution is 2.42. The third kappa shape index (κ3) is 3.07. The second kappa shape index (κ2) is 5.36. The molecule has 0 saturated heterocycles. The van der Waals surface area contributed by atoms with Gasteiger partial charge in [-0.2, -0.15) is 5.10 Å². The van der Waals surface area contributed by atoms with Crippen molar-refractivity contribution in [1.82, 2.24) is 20.0 Å². The average molecular weight is 298 g/mol. The highest BCUT2D eigenvalue weighted by atomic mass is 19.3. The topological polar surface area (TPSA) is 50.2 Å². The lowest BCUT2D eigenvalue weighted by atomic mass is 9.81. The first-order chi connectivity index (χ1) is 9.94. The summed E-state index contributed by atoms with van der Waals surface area (Å²) < 4.78 is 27.5. The zero-order valence-electron chi connectivity index (χ0n) is 12.1. The van der Waals surface area contributed by atoms with Crippen LogP contribution in [0.5, 0.6) is 0 Å². The van der Waals surface area contributed by atoms with Crippen molar-refractivity contribution in [2.45, 2.75) is 37.8 Å². The minimum atomic E-state index is -2.64. The van der Waals surface area contributed by atoms with E-state index in [9.17, 15) is 13.6 Å². The SMILES string of the molecule is CN1Cc2ccnn2[C@@H](CCNC(=O)C2CC(F)(F)C2)C1. The lowest BCUT2D eigenvalue weighted by Gasteiger charge is -2.34. The molecule has 1 atom stereocenters. The fourth-order valence-electron chi connectivity index (χ4n) is 3.14. The molecule has 5 nitrogen and oxygen atoms in total. The van der Waals surface area contributed by atoms with Crippen molar-refractivity contribution in [3.8, 4) is 0 Å². The number of hydrogen-bond acceptors (Lipinski definition) is 3. The molecule has 1 N–H and O–H groups in total. The molecule has 1 aromatic heterocycles. The molecule has 0 radical (unpaired) electrons. The van der Waals surface area contributed by atoms with Crippen LogP contribution in [-0.2, 0) is 11.3 Å². The molecule has 1 amide bonds. The van der Waals surface area contributed by atoms with Crippen molar-refractivity contribution in [2.24, 2.45) is 5.92 Å². The van der Waals surface area contributed by atoms with Crippen LogP contribution in [0.15, 0.2) is 12.3 Å². The number of halogens is 2. The van der Waals surface area contributed by atoms with Gasteiger partial charge in [-0.1, -0.05) is 0 Å². The lowest BCUT2D eigenvalue weighted by Crippen LogP contribution is -2.45. The number of amides is 1. The Morgan fingerprint density at radius 2 is 2.29 bits per heavy atom. The number of nitrogens with one attached hydrogen (secondary N) is 1. The smallest absolute Gasteiger partial charge is 0.249 e. The van der Waals surface area contributed by atoms with Crippen LogP contribution in [0.2, 0.25) is 0 Å². The fourth-order valence-corrected chi connectivity index (χ4v) is 3.14. The van der Waals surface area contributed by atoms with E-state index in [1.54, 1.807) is 6.20 Å². The van der Waals surface area contributed by atoms with Crippen LogP contribution in [0.4, 0.5) is 8.78 Å². The van der Waals surface area contributed by atoms with Gasteiger partial charge >= 0.3 is 0 Å². The summed E-state index contributed by atoms with van der Waals surface area (Å²) in [4.78, 5) is 14.0.